The van der Waals surface area contributed by atoms with Gasteiger partial charge in [0.25, 0.3) is 0 Å². The molecule has 0 unspecified atom stereocenters. The van der Waals surface area contributed by atoms with E-state index in [4.69, 9.17) is 5.73 Å². The molecule has 3 N–H and O–H groups in total. The molecule has 21 heavy (non-hydrogen) atoms. The summed E-state index contributed by atoms with van der Waals surface area (Å²) in [5, 5.41) is 0. The number of aryl methyl sites for hydroxylation is 1. The molecule has 2 aromatic carbocycles. The van der Waals surface area contributed by atoms with Crippen molar-refractivity contribution in [2.45, 2.75) is 18.4 Å². The minimum atomic E-state index is -3.75. The summed E-state index contributed by atoms with van der Waals surface area (Å²) in [4.78, 5) is 0.0652. The van der Waals surface area contributed by atoms with Crippen molar-refractivity contribution < 1.29 is 12.8 Å². The van der Waals surface area contributed by atoms with E-state index >= 15 is 0 Å². The predicted octanol–water partition coefficient (Wildman–Crippen LogP) is 2.96. The number of nitrogens with one attached hydrogen (secondary N) is 1. The molecule has 0 aliphatic carbocycles. The summed E-state index contributed by atoms with van der Waals surface area (Å²) in [6.07, 6.45) is 0. The lowest BCUT2D eigenvalue weighted by atomic mass is 10.2. The van der Waals surface area contributed by atoms with E-state index in [1.54, 1.807) is 19.1 Å². The van der Waals surface area contributed by atoms with Crippen LogP contribution in [0.15, 0.2) is 45.8 Å². The molecule has 0 fully saturated rings. The molecule has 0 aliphatic rings. The van der Waals surface area contributed by atoms with E-state index in [0.29, 0.717) is 10.2 Å². The van der Waals surface area contributed by atoms with Gasteiger partial charge in [0.05, 0.1) is 4.90 Å². The topological polar surface area (TPSA) is 72.2 Å². The van der Waals surface area contributed by atoms with Crippen molar-refractivity contribution in [2.75, 3.05) is 5.73 Å². The third-order valence-corrected chi connectivity index (χ3v) is 4.72. The van der Waals surface area contributed by atoms with E-state index in [1.165, 1.54) is 24.3 Å². The molecular weight excluding hydrogens is 359 g/mol. The molecule has 0 spiro atoms. The van der Waals surface area contributed by atoms with Gasteiger partial charge in [-0.2, -0.15) is 0 Å². The average Bonchev–Trinajstić information content (AvgIpc) is 2.39. The Kier molecular flexibility index (Phi) is 4.65. The summed E-state index contributed by atoms with van der Waals surface area (Å²) >= 11 is 3.22. The predicted molar refractivity (Wildman–Crippen MR) is 83.7 cm³/mol. The molecule has 0 bridgehead atoms. The molecule has 0 heterocycles. The number of nitrogens with two attached hydrogens (primary N) is 1. The molecule has 0 atom stereocenters. The van der Waals surface area contributed by atoms with Crippen LogP contribution in [0.3, 0.4) is 0 Å². The lowest BCUT2D eigenvalue weighted by Gasteiger charge is -2.09. The van der Waals surface area contributed by atoms with Crippen LogP contribution in [0.1, 0.15) is 11.1 Å². The summed E-state index contributed by atoms with van der Waals surface area (Å²) in [5.74, 6) is -0.468. The van der Waals surface area contributed by atoms with Gasteiger partial charge in [0.2, 0.25) is 10.0 Å². The molecule has 7 heteroatoms. The Morgan fingerprint density at radius 2 is 1.95 bits per heavy atom. The number of nitrogen functional groups attached to an aromatic ring is 1. The van der Waals surface area contributed by atoms with Gasteiger partial charge in [-0.05, 0) is 48.9 Å². The van der Waals surface area contributed by atoms with Crippen LogP contribution < -0.4 is 10.5 Å². The summed E-state index contributed by atoms with van der Waals surface area (Å²) < 4.78 is 41.1. The monoisotopic (exact) mass is 372 g/mol. The van der Waals surface area contributed by atoms with E-state index in [2.05, 4.69) is 20.7 Å². The Balaban J connectivity index is 2.23. The van der Waals surface area contributed by atoms with Gasteiger partial charge in [-0.25, -0.2) is 17.5 Å². The zero-order chi connectivity index (χ0) is 15.6. The van der Waals surface area contributed by atoms with Gasteiger partial charge in [0, 0.05) is 22.3 Å². The van der Waals surface area contributed by atoms with Crippen LogP contribution >= 0.6 is 15.9 Å². The number of anilines is 1. The van der Waals surface area contributed by atoms with E-state index in [1.807, 2.05) is 0 Å². The maximum absolute atomic E-state index is 13.6. The minimum Gasteiger partial charge on any atom is -0.399 e. The van der Waals surface area contributed by atoms with Gasteiger partial charge in [-0.3, -0.25) is 0 Å². The Hall–Kier alpha value is -1.44. The average molecular weight is 373 g/mol. The van der Waals surface area contributed by atoms with Crippen LogP contribution in [-0.2, 0) is 16.6 Å². The summed E-state index contributed by atoms with van der Waals surface area (Å²) in [6, 6.07) is 8.91. The number of benzene rings is 2. The first-order valence-corrected chi connectivity index (χ1v) is 8.36. The normalized spacial score (nSPS) is 11.6. The van der Waals surface area contributed by atoms with Gasteiger partial charge >= 0.3 is 0 Å². The summed E-state index contributed by atoms with van der Waals surface area (Å²) in [7, 11) is -3.75. The molecular formula is C14H14BrFN2O2S. The molecule has 0 aliphatic heterocycles. The van der Waals surface area contributed by atoms with Crippen LogP contribution in [-0.4, -0.2) is 8.42 Å². The van der Waals surface area contributed by atoms with Crippen LogP contribution in [0.4, 0.5) is 10.1 Å². The number of sulfonamides is 1. The Morgan fingerprint density at radius 1 is 1.24 bits per heavy atom. The lowest BCUT2D eigenvalue weighted by Crippen LogP contribution is -2.24. The molecule has 4 nitrogen and oxygen atoms in total. The second-order valence-corrected chi connectivity index (χ2v) is 7.32. The van der Waals surface area contributed by atoms with Crippen molar-refractivity contribution in [3.63, 3.8) is 0 Å². The van der Waals surface area contributed by atoms with Crippen LogP contribution in [0.5, 0.6) is 0 Å². The van der Waals surface area contributed by atoms with Crippen molar-refractivity contribution in [3.05, 3.63) is 57.8 Å². The highest BCUT2D eigenvalue weighted by atomic mass is 79.9. The first-order valence-electron chi connectivity index (χ1n) is 6.09. The van der Waals surface area contributed by atoms with Gasteiger partial charge < -0.3 is 5.73 Å². The maximum atomic E-state index is 13.6. The van der Waals surface area contributed by atoms with Crippen molar-refractivity contribution in [3.8, 4) is 0 Å². The fourth-order valence-electron chi connectivity index (χ4n) is 1.87. The molecule has 0 aromatic heterocycles. The van der Waals surface area contributed by atoms with Gasteiger partial charge in [0.15, 0.2) is 0 Å². The smallest absolute Gasteiger partial charge is 0.240 e. The highest BCUT2D eigenvalue weighted by molar-refractivity contribution is 9.10. The van der Waals surface area contributed by atoms with Crippen LogP contribution in [0.2, 0.25) is 0 Å². The summed E-state index contributed by atoms with van der Waals surface area (Å²) in [5.41, 5.74) is 7.01. The lowest BCUT2D eigenvalue weighted by molar-refractivity contribution is 0.574. The van der Waals surface area contributed by atoms with Crippen molar-refractivity contribution >= 4 is 31.6 Å². The van der Waals surface area contributed by atoms with Crippen molar-refractivity contribution in [1.82, 2.24) is 4.72 Å². The van der Waals surface area contributed by atoms with Crippen LogP contribution in [0.25, 0.3) is 0 Å². The number of hydrogen-bond donors (Lipinski definition) is 2. The number of hydrogen-bond acceptors (Lipinski definition) is 3. The Bertz CT molecular complexity index is 758. The molecule has 0 amide bonds. The molecule has 0 saturated carbocycles. The van der Waals surface area contributed by atoms with Crippen molar-refractivity contribution in [2.24, 2.45) is 0 Å². The largest absolute Gasteiger partial charge is 0.399 e. The molecule has 2 aromatic rings. The van der Waals surface area contributed by atoms with E-state index in [-0.39, 0.29) is 17.0 Å². The quantitative estimate of drug-likeness (QED) is 0.810. The van der Waals surface area contributed by atoms with E-state index in [9.17, 15) is 12.8 Å². The first-order chi connectivity index (χ1) is 9.78. The Morgan fingerprint density at radius 3 is 2.62 bits per heavy atom. The highest BCUT2D eigenvalue weighted by Gasteiger charge is 2.15. The van der Waals surface area contributed by atoms with Crippen LogP contribution in [0, 0.1) is 12.7 Å². The first kappa shape index (κ1) is 15.9. The second kappa shape index (κ2) is 6.13. The fourth-order valence-corrected chi connectivity index (χ4v) is 3.42. The Labute approximate surface area is 131 Å². The fraction of sp³-hybridized carbons (Fsp3) is 0.143. The van der Waals surface area contributed by atoms with E-state index < -0.39 is 15.8 Å². The summed E-state index contributed by atoms with van der Waals surface area (Å²) in [6.45, 7) is 1.62. The zero-order valence-corrected chi connectivity index (χ0v) is 13.6. The second-order valence-electron chi connectivity index (χ2n) is 4.64. The molecule has 112 valence electrons. The van der Waals surface area contributed by atoms with Gasteiger partial charge in [0.1, 0.15) is 5.82 Å². The molecule has 0 saturated heterocycles. The third-order valence-electron chi connectivity index (χ3n) is 2.84. The van der Waals surface area contributed by atoms with Crippen molar-refractivity contribution in [1.29, 1.82) is 0 Å². The molecule has 0 radical (unpaired) electrons. The zero-order valence-electron chi connectivity index (χ0n) is 11.2. The van der Waals surface area contributed by atoms with Gasteiger partial charge in [-0.15, -0.1) is 0 Å². The minimum absolute atomic E-state index is 0.0652. The van der Waals surface area contributed by atoms with E-state index in [0.717, 1.165) is 5.56 Å². The SMILES string of the molecule is Cc1cc(N)cc(S(=O)(=O)NCc2cc(Br)ccc2F)c1. The third kappa shape index (κ3) is 4.03. The molecule has 2 rings (SSSR count). The number of halogens is 2. The number of rotatable bonds is 4. The van der Waals surface area contributed by atoms with Gasteiger partial charge in [-0.1, -0.05) is 15.9 Å². The highest BCUT2D eigenvalue weighted by Crippen LogP contribution is 2.18. The standard InChI is InChI=1S/C14H14BrFN2O2S/c1-9-4-12(17)7-13(5-9)21(19,20)18-8-10-6-11(15)2-3-14(10)16/h2-7,18H,8,17H2,1H3. The maximum Gasteiger partial charge on any atom is 0.240 e.